The smallest absolute Gasteiger partial charge is 0.275 e. The lowest BCUT2D eigenvalue weighted by Crippen LogP contribution is -2.34. The molecule has 0 saturated heterocycles. The predicted octanol–water partition coefficient (Wildman–Crippen LogP) is 1.07. The minimum Gasteiger partial charge on any atom is -0.497 e. The molecule has 0 bridgehead atoms. The molecule has 1 saturated carbocycles. The average molecular weight is 430 g/mol. The highest BCUT2D eigenvalue weighted by molar-refractivity contribution is 6.07. The van der Waals surface area contributed by atoms with E-state index in [4.69, 9.17) is 4.74 Å². The van der Waals surface area contributed by atoms with Crippen molar-refractivity contribution in [1.82, 2.24) is 25.1 Å². The van der Waals surface area contributed by atoms with Crippen LogP contribution in [0.4, 0.5) is 10.2 Å². The molecule has 0 radical (unpaired) electrons. The molecule has 0 aliphatic heterocycles. The molecule has 0 unspecified atom stereocenters. The standard InChI is InChI=1S/C20H23FN6O4/c1-27(8-10-5-11(21)7-12(6-10)31-2)20(30)16-15-18(22-9-23-19(15)26-25-16)24-13-3-4-14(28)17(13)29/h5-7,9,13-14,17,28-29H,3-4,8H2,1-2H3,(H2,22,23,24,25,26)/t13-,14-,17+/m1/s1. The van der Waals surface area contributed by atoms with Crippen LogP contribution in [0.3, 0.4) is 0 Å². The minimum atomic E-state index is -0.943. The molecular weight excluding hydrogens is 407 g/mol. The number of fused-ring (bicyclic) bond motifs is 1. The Hall–Kier alpha value is -3.31. The van der Waals surface area contributed by atoms with E-state index in [9.17, 15) is 19.4 Å². The predicted molar refractivity (Wildman–Crippen MR) is 109 cm³/mol. The molecule has 1 aliphatic carbocycles. The number of benzene rings is 1. The SMILES string of the molecule is COc1cc(F)cc(CN(C)C(=O)c2n[nH]c3ncnc(N[C@@H]4CC[C@@H](O)[C@H]4O)c23)c1. The van der Waals surface area contributed by atoms with Crippen molar-refractivity contribution in [2.24, 2.45) is 0 Å². The Kier molecular flexibility index (Phi) is 5.70. The number of ether oxygens (including phenoxy) is 1. The van der Waals surface area contributed by atoms with E-state index in [-0.39, 0.29) is 12.2 Å². The number of halogens is 1. The van der Waals surface area contributed by atoms with Crippen molar-refractivity contribution in [3.63, 3.8) is 0 Å². The molecule has 1 fully saturated rings. The minimum absolute atomic E-state index is 0.0944. The fourth-order valence-corrected chi connectivity index (χ4v) is 3.77. The van der Waals surface area contributed by atoms with E-state index < -0.39 is 30.0 Å². The first kappa shape index (κ1) is 20.9. The van der Waals surface area contributed by atoms with Crippen molar-refractivity contribution >= 4 is 22.8 Å². The molecule has 1 aromatic carbocycles. The van der Waals surface area contributed by atoms with Crippen LogP contribution < -0.4 is 10.1 Å². The number of hydrogen-bond donors (Lipinski definition) is 4. The summed E-state index contributed by atoms with van der Waals surface area (Å²) in [4.78, 5) is 22.8. The van der Waals surface area contributed by atoms with Crippen molar-refractivity contribution in [2.75, 3.05) is 19.5 Å². The first-order valence-electron chi connectivity index (χ1n) is 9.78. The van der Waals surface area contributed by atoms with Gasteiger partial charge in [-0.1, -0.05) is 0 Å². The lowest BCUT2D eigenvalue weighted by molar-refractivity contribution is 0.0392. The van der Waals surface area contributed by atoms with Crippen molar-refractivity contribution in [1.29, 1.82) is 0 Å². The molecule has 2 aromatic heterocycles. The summed E-state index contributed by atoms with van der Waals surface area (Å²) in [5.74, 6) is -0.184. The Morgan fingerprint density at radius 2 is 2.13 bits per heavy atom. The van der Waals surface area contributed by atoms with Crippen molar-refractivity contribution in [3.05, 3.63) is 41.6 Å². The molecule has 11 heteroatoms. The van der Waals surface area contributed by atoms with Crippen LogP contribution in [0.15, 0.2) is 24.5 Å². The Morgan fingerprint density at radius 3 is 2.84 bits per heavy atom. The number of nitrogens with one attached hydrogen (secondary N) is 2. The van der Waals surface area contributed by atoms with Gasteiger partial charge in [0.25, 0.3) is 5.91 Å². The number of hydrogen-bond acceptors (Lipinski definition) is 8. The van der Waals surface area contributed by atoms with E-state index in [0.29, 0.717) is 41.0 Å². The molecule has 3 atom stereocenters. The Balaban J connectivity index is 1.60. The maximum Gasteiger partial charge on any atom is 0.275 e. The number of methoxy groups -OCH3 is 1. The second-order valence-electron chi connectivity index (χ2n) is 7.56. The zero-order chi connectivity index (χ0) is 22.1. The Morgan fingerprint density at radius 1 is 1.32 bits per heavy atom. The first-order chi connectivity index (χ1) is 14.9. The molecule has 4 N–H and O–H groups in total. The summed E-state index contributed by atoms with van der Waals surface area (Å²) >= 11 is 0. The fourth-order valence-electron chi connectivity index (χ4n) is 3.77. The number of amides is 1. The van der Waals surface area contributed by atoms with E-state index in [2.05, 4.69) is 25.5 Å². The highest BCUT2D eigenvalue weighted by Crippen LogP contribution is 2.28. The second kappa shape index (κ2) is 8.44. The third-order valence-electron chi connectivity index (χ3n) is 5.40. The van der Waals surface area contributed by atoms with E-state index >= 15 is 0 Å². The molecule has 4 rings (SSSR count). The lowest BCUT2D eigenvalue weighted by atomic mass is 10.1. The van der Waals surface area contributed by atoms with E-state index in [1.807, 2.05) is 0 Å². The van der Waals surface area contributed by atoms with Crippen LogP contribution in [-0.4, -0.2) is 73.6 Å². The van der Waals surface area contributed by atoms with E-state index in [1.54, 1.807) is 13.1 Å². The number of aromatic nitrogens is 4. The molecule has 0 spiro atoms. The van der Waals surface area contributed by atoms with Gasteiger partial charge in [-0.05, 0) is 30.5 Å². The van der Waals surface area contributed by atoms with Gasteiger partial charge in [0.15, 0.2) is 11.3 Å². The molecular formula is C20H23FN6O4. The first-order valence-corrected chi connectivity index (χ1v) is 9.78. The van der Waals surface area contributed by atoms with Crippen LogP contribution in [0.5, 0.6) is 5.75 Å². The molecule has 31 heavy (non-hydrogen) atoms. The lowest BCUT2D eigenvalue weighted by Gasteiger charge is -2.20. The number of anilines is 1. The van der Waals surface area contributed by atoms with Gasteiger partial charge in [0, 0.05) is 19.7 Å². The third kappa shape index (κ3) is 4.14. The summed E-state index contributed by atoms with van der Waals surface area (Å²) in [7, 11) is 3.02. The molecule has 10 nitrogen and oxygen atoms in total. The van der Waals surface area contributed by atoms with Gasteiger partial charge in [0.2, 0.25) is 0 Å². The van der Waals surface area contributed by atoms with Gasteiger partial charge in [0.1, 0.15) is 23.7 Å². The quantitative estimate of drug-likeness (QED) is 0.456. The number of aliphatic hydroxyl groups excluding tert-OH is 2. The van der Waals surface area contributed by atoms with Crippen LogP contribution in [0.2, 0.25) is 0 Å². The summed E-state index contributed by atoms with van der Waals surface area (Å²) in [6, 6.07) is 3.83. The molecule has 164 valence electrons. The van der Waals surface area contributed by atoms with Crippen LogP contribution in [0.25, 0.3) is 11.0 Å². The van der Waals surface area contributed by atoms with Gasteiger partial charge in [-0.3, -0.25) is 9.89 Å². The normalized spacial score (nSPS) is 20.7. The Bertz CT molecular complexity index is 1110. The van der Waals surface area contributed by atoms with Crippen molar-refractivity contribution in [3.8, 4) is 5.75 Å². The number of carbonyl (C=O) groups excluding carboxylic acids is 1. The Labute approximate surface area is 177 Å². The monoisotopic (exact) mass is 430 g/mol. The maximum atomic E-state index is 13.8. The van der Waals surface area contributed by atoms with Gasteiger partial charge in [-0.2, -0.15) is 5.10 Å². The molecule has 1 amide bonds. The highest BCUT2D eigenvalue weighted by Gasteiger charge is 2.34. The van der Waals surface area contributed by atoms with Crippen LogP contribution in [-0.2, 0) is 6.54 Å². The number of nitrogens with zero attached hydrogens (tertiary/aromatic N) is 4. The van der Waals surface area contributed by atoms with E-state index in [0.717, 1.165) is 0 Å². The van der Waals surface area contributed by atoms with E-state index in [1.165, 1.54) is 30.5 Å². The van der Waals surface area contributed by atoms with Gasteiger partial charge in [0.05, 0.1) is 30.7 Å². The second-order valence-corrected chi connectivity index (χ2v) is 7.56. The number of rotatable bonds is 6. The number of H-pyrrole nitrogens is 1. The number of aliphatic hydroxyl groups is 2. The van der Waals surface area contributed by atoms with Crippen molar-refractivity contribution < 1.29 is 24.1 Å². The van der Waals surface area contributed by atoms with Gasteiger partial charge >= 0.3 is 0 Å². The third-order valence-corrected chi connectivity index (χ3v) is 5.40. The fraction of sp³-hybridized carbons (Fsp3) is 0.400. The van der Waals surface area contributed by atoms with Crippen LogP contribution >= 0.6 is 0 Å². The van der Waals surface area contributed by atoms with Gasteiger partial charge < -0.3 is 25.2 Å². The summed E-state index contributed by atoms with van der Waals surface area (Å²) in [6.07, 6.45) is 0.578. The van der Waals surface area contributed by atoms with Gasteiger partial charge in [-0.15, -0.1) is 0 Å². The summed E-state index contributed by atoms with van der Waals surface area (Å²) in [5, 5.41) is 30.2. The van der Waals surface area contributed by atoms with Crippen LogP contribution in [0.1, 0.15) is 28.9 Å². The molecule has 2 heterocycles. The summed E-state index contributed by atoms with van der Waals surface area (Å²) in [6.45, 7) is 0.130. The number of carbonyl (C=O) groups is 1. The zero-order valence-electron chi connectivity index (χ0n) is 17.0. The summed E-state index contributed by atoms with van der Waals surface area (Å²) in [5.41, 5.74) is 1.01. The zero-order valence-corrected chi connectivity index (χ0v) is 17.0. The average Bonchev–Trinajstić information content (AvgIpc) is 3.32. The maximum absolute atomic E-state index is 13.8. The highest BCUT2D eigenvalue weighted by atomic mass is 19.1. The van der Waals surface area contributed by atoms with Gasteiger partial charge in [-0.25, -0.2) is 14.4 Å². The largest absolute Gasteiger partial charge is 0.497 e. The molecule has 3 aromatic rings. The summed E-state index contributed by atoms with van der Waals surface area (Å²) < 4.78 is 18.9. The topological polar surface area (TPSA) is 136 Å². The van der Waals surface area contributed by atoms with Crippen LogP contribution in [0, 0.1) is 5.82 Å². The number of aromatic amines is 1. The van der Waals surface area contributed by atoms with Crippen molar-refractivity contribution in [2.45, 2.75) is 37.6 Å². The molecule has 1 aliphatic rings.